The number of nitrogens with one attached hydrogen (secondary N) is 2. The summed E-state index contributed by atoms with van der Waals surface area (Å²) in [4.78, 5) is 49.6. The number of nitrogens with zero attached hydrogens (tertiary/aromatic N) is 3. The zero-order valence-electron chi connectivity index (χ0n) is 19.6. The largest absolute Gasteiger partial charge is 0.493 e. The number of rotatable bonds is 5. The van der Waals surface area contributed by atoms with Gasteiger partial charge in [0.05, 0.1) is 26.7 Å². The van der Waals surface area contributed by atoms with E-state index >= 15 is 0 Å². The van der Waals surface area contributed by atoms with Gasteiger partial charge in [0.15, 0.2) is 22.9 Å². The monoisotopic (exact) mass is 477 g/mol. The van der Waals surface area contributed by atoms with Gasteiger partial charge in [0.25, 0.3) is 11.1 Å². The predicted octanol–water partition coefficient (Wildman–Crippen LogP) is 2.04. The minimum absolute atomic E-state index is 0.0510. The first-order chi connectivity index (χ1) is 16.8. The number of Topliss-reactive ketones (excluding diaryl/α,β-unsaturated/α-hetero) is 1. The summed E-state index contributed by atoms with van der Waals surface area (Å²) in [5.41, 5.74) is 1.76. The normalized spacial score (nSPS) is 15.2. The molecule has 0 saturated heterocycles. The molecule has 0 bridgehead atoms. The number of aromatic amines is 2. The van der Waals surface area contributed by atoms with Crippen molar-refractivity contribution < 1.29 is 19.0 Å². The standard InChI is InChI=1S/C24H23N5O6/c1-11-5-19(31)27-24(26-11)29-23(32)20-14-6-12(7-16(30)15(14)10-25-22(20)28-29)13-8-17(33-2)21(35-4)18(9-13)34-3/h5,8-10,12H,6-7H2,1-4H3,(H,25,28)(H,26,27,31). The lowest BCUT2D eigenvalue weighted by molar-refractivity contribution is 0.0964. The summed E-state index contributed by atoms with van der Waals surface area (Å²) >= 11 is 0. The molecular weight excluding hydrogens is 454 g/mol. The van der Waals surface area contributed by atoms with Gasteiger partial charge in [-0.15, -0.1) is 0 Å². The molecule has 0 fully saturated rings. The molecule has 3 aromatic heterocycles. The van der Waals surface area contributed by atoms with Crippen LogP contribution in [0.2, 0.25) is 0 Å². The molecule has 1 aliphatic carbocycles. The summed E-state index contributed by atoms with van der Waals surface area (Å²) in [6.45, 7) is 1.66. The molecule has 0 aliphatic heterocycles. The van der Waals surface area contributed by atoms with Crippen LogP contribution >= 0.6 is 0 Å². The van der Waals surface area contributed by atoms with Gasteiger partial charge in [-0.3, -0.25) is 24.5 Å². The third kappa shape index (κ3) is 3.65. The molecule has 180 valence electrons. The van der Waals surface area contributed by atoms with Crippen LogP contribution in [0.25, 0.3) is 17.0 Å². The number of carbonyl (C=O) groups excluding carboxylic acids is 1. The van der Waals surface area contributed by atoms with Crippen LogP contribution in [0.1, 0.15) is 39.5 Å². The first-order valence-electron chi connectivity index (χ1n) is 10.9. The Bertz CT molecular complexity index is 1570. The fraction of sp³-hybridized carbons (Fsp3) is 0.292. The lowest BCUT2D eigenvalue weighted by Gasteiger charge is -2.25. The number of hydrogen-bond donors (Lipinski definition) is 2. The molecule has 11 nitrogen and oxygen atoms in total. The molecule has 0 spiro atoms. The number of fused-ring (bicyclic) bond motifs is 3. The molecule has 3 heterocycles. The Labute approximate surface area is 198 Å². The van der Waals surface area contributed by atoms with E-state index < -0.39 is 5.56 Å². The van der Waals surface area contributed by atoms with E-state index in [1.54, 1.807) is 6.92 Å². The first-order valence-corrected chi connectivity index (χ1v) is 10.9. The summed E-state index contributed by atoms with van der Waals surface area (Å²) in [6, 6.07) is 4.97. The van der Waals surface area contributed by atoms with Gasteiger partial charge in [0, 0.05) is 29.9 Å². The Hall–Kier alpha value is -4.41. The van der Waals surface area contributed by atoms with Crippen LogP contribution in [0.15, 0.2) is 34.0 Å². The molecule has 4 aromatic rings. The van der Waals surface area contributed by atoms with Crippen LogP contribution in [-0.2, 0) is 6.42 Å². The van der Waals surface area contributed by atoms with Gasteiger partial charge in [0.2, 0.25) is 11.7 Å². The smallest absolute Gasteiger partial charge is 0.283 e. The van der Waals surface area contributed by atoms with Crippen molar-refractivity contribution in [2.24, 2.45) is 0 Å². The Morgan fingerprint density at radius 2 is 1.71 bits per heavy atom. The Kier molecular flexibility index (Phi) is 5.39. The number of aromatic nitrogens is 5. The van der Waals surface area contributed by atoms with Crippen molar-refractivity contribution >= 4 is 16.8 Å². The average Bonchev–Trinajstić information content (AvgIpc) is 3.19. The average molecular weight is 477 g/mol. The van der Waals surface area contributed by atoms with Crippen molar-refractivity contribution in [1.82, 2.24) is 24.7 Å². The van der Waals surface area contributed by atoms with Crippen molar-refractivity contribution in [3.8, 4) is 23.2 Å². The van der Waals surface area contributed by atoms with E-state index in [0.29, 0.717) is 46.1 Å². The van der Waals surface area contributed by atoms with Crippen molar-refractivity contribution in [2.75, 3.05) is 21.3 Å². The Morgan fingerprint density at radius 3 is 2.34 bits per heavy atom. The lowest BCUT2D eigenvalue weighted by atomic mass is 9.79. The highest BCUT2D eigenvalue weighted by atomic mass is 16.5. The number of benzene rings is 1. The van der Waals surface area contributed by atoms with E-state index in [4.69, 9.17) is 14.2 Å². The van der Waals surface area contributed by atoms with Gasteiger partial charge in [-0.2, -0.15) is 4.68 Å². The lowest BCUT2D eigenvalue weighted by Crippen LogP contribution is -2.24. The molecule has 1 aliphatic rings. The van der Waals surface area contributed by atoms with Crippen LogP contribution in [0.5, 0.6) is 17.2 Å². The number of methoxy groups -OCH3 is 3. The molecule has 0 radical (unpaired) electrons. The molecule has 11 heteroatoms. The number of carbonyl (C=O) groups is 1. The third-order valence-electron chi connectivity index (χ3n) is 6.23. The first kappa shape index (κ1) is 22.4. The fourth-order valence-corrected chi connectivity index (χ4v) is 4.63. The van der Waals surface area contributed by atoms with Gasteiger partial charge >= 0.3 is 0 Å². The molecular formula is C24H23N5O6. The second-order valence-corrected chi connectivity index (χ2v) is 8.32. The topological polar surface area (TPSA) is 141 Å². The van der Waals surface area contributed by atoms with Gasteiger partial charge in [-0.1, -0.05) is 0 Å². The van der Waals surface area contributed by atoms with Crippen molar-refractivity contribution in [3.63, 3.8) is 0 Å². The van der Waals surface area contributed by atoms with Gasteiger partial charge in [0.1, 0.15) is 0 Å². The van der Waals surface area contributed by atoms with E-state index in [2.05, 4.69) is 20.1 Å². The highest BCUT2D eigenvalue weighted by Crippen LogP contribution is 2.43. The molecule has 1 atom stereocenters. The Balaban J connectivity index is 1.65. The van der Waals surface area contributed by atoms with Crippen molar-refractivity contribution in [1.29, 1.82) is 0 Å². The van der Waals surface area contributed by atoms with E-state index in [1.165, 1.54) is 33.6 Å². The van der Waals surface area contributed by atoms with Crippen LogP contribution in [0.3, 0.4) is 0 Å². The molecule has 2 N–H and O–H groups in total. The maximum absolute atomic E-state index is 13.4. The third-order valence-corrected chi connectivity index (χ3v) is 6.23. The summed E-state index contributed by atoms with van der Waals surface area (Å²) in [5, 5.41) is 3.19. The molecule has 5 rings (SSSR count). The maximum atomic E-state index is 13.4. The summed E-state index contributed by atoms with van der Waals surface area (Å²) in [7, 11) is 4.59. The van der Waals surface area contributed by atoms with E-state index in [0.717, 1.165) is 10.2 Å². The molecule has 1 unspecified atom stereocenters. The molecule has 0 amide bonds. The highest BCUT2D eigenvalue weighted by molar-refractivity contribution is 6.02. The second kappa shape index (κ2) is 8.42. The Morgan fingerprint density at radius 1 is 1.00 bits per heavy atom. The quantitative estimate of drug-likeness (QED) is 0.445. The second-order valence-electron chi connectivity index (χ2n) is 8.32. The zero-order chi connectivity index (χ0) is 24.9. The van der Waals surface area contributed by atoms with Gasteiger partial charge in [-0.05, 0) is 42.5 Å². The number of hydrogen-bond acceptors (Lipinski definition) is 8. The SMILES string of the molecule is COc1cc(C2CC(=O)c3cnc4[nH]n(-c5nc(C)cc(=O)[nH]5)c(=O)c4c3C2)cc(OC)c1OC. The molecule has 35 heavy (non-hydrogen) atoms. The number of H-pyrrole nitrogens is 2. The van der Waals surface area contributed by atoms with Crippen molar-refractivity contribution in [3.05, 3.63) is 67.5 Å². The van der Waals surface area contributed by atoms with Gasteiger partial charge in [-0.25, -0.2) is 9.97 Å². The van der Waals surface area contributed by atoms with Crippen molar-refractivity contribution in [2.45, 2.75) is 25.7 Å². The minimum atomic E-state index is -0.448. The van der Waals surface area contributed by atoms with E-state index in [1.807, 2.05) is 12.1 Å². The molecule has 1 aromatic carbocycles. The van der Waals surface area contributed by atoms with E-state index in [9.17, 15) is 14.4 Å². The maximum Gasteiger partial charge on any atom is 0.283 e. The fourth-order valence-electron chi connectivity index (χ4n) is 4.63. The van der Waals surface area contributed by atoms with Gasteiger partial charge < -0.3 is 14.2 Å². The number of ketones is 1. The van der Waals surface area contributed by atoms with Crippen LogP contribution in [0, 0.1) is 6.92 Å². The van der Waals surface area contributed by atoms with Crippen LogP contribution in [0.4, 0.5) is 0 Å². The summed E-state index contributed by atoms with van der Waals surface area (Å²) < 4.78 is 17.5. The summed E-state index contributed by atoms with van der Waals surface area (Å²) in [5.74, 6) is 1.13. The highest BCUT2D eigenvalue weighted by Gasteiger charge is 2.31. The van der Waals surface area contributed by atoms with E-state index in [-0.39, 0.29) is 35.0 Å². The zero-order valence-corrected chi connectivity index (χ0v) is 19.6. The number of aryl methyl sites for hydroxylation is 1. The number of ether oxygens (including phenoxy) is 3. The molecule has 0 saturated carbocycles. The minimum Gasteiger partial charge on any atom is -0.493 e. The van der Waals surface area contributed by atoms with Crippen LogP contribution < -0.4 is 25.3 Å². The summed E-state index contributed by atoms with van der Waals surface area (Å²) in [6.07, 6.45) is 2.14. The predicted molar refractivity (Wildman–Crippen MR) is 126 cm³/mol. The number of pyridine rings is 1. The van der Waals surface area contributed by atoms with Crippen LogP contribution in [-0.4, -0.2) is 51.8 Å².